The van der Waals surface area contributed by atoms with E-state index in [1.807, 2.05) is 54.7 Å². The Morgan fingerprint density at radius 2 is 1.97 bits per heavy atom. The van der Waals surface area contributed by atoms with Crippen molar-refractivity contribution >= 4 is 23.8 Å². The van der Waals surface area contributed by atoms with Gasteiger partial charge >= 0.3 is 11.5 Å². The van der Waals surface area contributed by atoms with E-state index in [-0.39, 0.29) is 5.56 Å². The number of aliphatic imine (C=N–C) groups is 1. The number of aromatic nitrogens is 2. The second-order valence-corrected chi connectivity index (χ2v) is 8.37. The summed E-state index contributed by atoms with van der Waals surface area (Å²) in [6.45, 7) is 3.32. The lowest BCUT2D eigenvalue weighted by Gasteiger charge is -2.28. The molecule has 0 fully saturated rings. The molecule has 0 aliphatic carbocycles. The molecule has 0 atom stereocenters. The third-order valence-electron chi connectivity index (χ3n) is 5.89. The minimum atomic E-state index is 0.0192. The average molecular weight is 431 g/mol. The highest BCUT2D eigenvalue weighted by molar-refractivity contribution is 6.30. The van der Waals surface area contributed by atoms with Crippen molar-refractivity contribution in [2.24, 2.45) is 4.99 Å². The molecule has 31 heavy (non-hydrogen) atoms. The average Bonchev–Trinajstić information content (AvgIpc) is 3.28. The van der Waals surface area contributed by atoms with Gasteiger partial charge in [-0.3, -0.25) is 9.69 Å². The van der Waals surface area contributed by atoms with Crippen LogP contribution < -0.4 is 10.1 Å². The Morgan fingerprint density at radius 1 is 1.13 bits per heavy atom. The third-order valence-corrected chi connectivity index (χ3v) is 6.15. The number of fused-ring (bicyclic) bond motifs is 3. The van der Waals surface area contributed by atoms with Crippen molar-refractivity contribution in [2.45, 2.75) is 32.6 Å². The van der Waals surface area contributed by atoms with E-state index in [0.717, 1.165) is 35.3 Å². The Bertz CT molecular complexity index is 1290. The van der Waals surface area contributed by atoms with Crippen LogP contribution in [0, 0.1) is 11.3 Å². The van der Waals surface area contributed by atoms with Gasteiger partial charge in [0, 0.05) is 31.1 Å². The van der Waals surface area contributed by atoms with Gasteiger partial charge in [-0.25, -0.2) is 4.57 Å². The Balaban J connectivity index is 1.48. The van der Waals surface area contributed by atoms with Gasteiger partial charge in [-0.1, -0.05) is 40.9 Å². The number of hydrogen-bond donors (Lipinski definition) is 0. The SMILES string of the molecule is N#Cc1cccc(CN2CCc3c(c(=O)n(Cc4ccc(Cl)cc4)c4[n+]3CC=N4)C2)c1. The van der Waals surface area contributed by atoms with Gasteiger partial charge in [0.05, 0.1) is 22.9 Å². The molecule has 2 aromatic carbocycles. The summed E-state index contributed by atoms with van der Waals surface area (Å²) in [7, 11) is 0. The maximum atomic E-state index is 13.5. The Labute approximate surface area is 185 Å². The molecule has 154 valence electrons. The van der Waals surface area contributed by atoms with Crippen LogP contribution in [-0.4, -0.2) is 22.2 Å². The first-order chi connectivity index (χ1) is 15.1. The minimum absolute atomic E-state index is 0.0192. The van der Waals surface area contributed by atoms with E-state index in [1.165, 1.54) is 0 Å². The first-order valence-corrected chi connectivity index (χ1v) is 10.7. The quantitative estimate of drug-likeness (QED) is 0.598. The summed E-state index contributed by atoms with van der Waals surface area (Å²) in [5.74, 6) is 0.717. The molecule has 2 aliphatic heterocycles. The fourth-order valence-corrected chi connectivity index (χ4v) is 4.53. The van der Waals surface area contributed by atoms with Crippen LogP contribution in [0.2, 0.25) is 5.02 Å². The van der Waals surface area contributed by atoms with E-state index in [0.29, 0.717) is 42.7 Å². The zero-order valence-corrected chi connectivity index (χ0v) is 17.7. The molecular formula is C24H21ClN5O+. The van der Waals surface area contributed by atoms with Crippen LogP contribution >= 0.6 is 11.6 Å². The lowest BCUT2D eigenvalue weighted by atomic mass is 10.0. The Kier molecular flexibility index (Phi) is 5.14. The molecule has 2 aliphatic rings. The maximum Gasteiger partial charge on any atom is 0.402 e. The standard InChI is InChI=1S/C24H21ClN5O/c25-20-6-4-17(5-7-20)15-30-23(31)21-16-28(14-19-3-1-2-18(12-19)13-26)10-8-22(21)29-11-9-27-24(29)30/h1-7,9,12H,8,10-11,14-16H2/q+1. The molecule has 0 saturated carbocycles. The van der Waals surface area contributed by atoms with E-state index in [9.17, 15) is 4.79 Å². The van der Waals surface area contributed by atoms with E-state index < -0.39 is 0 Å². The van der Waals surface area contributed by atoms with E-state index in [1.54, 1.807) is 4.57 Å². The summed E-state index contributed by atoms with van der Waals surface area (Å²) in [6, 6.07) is 17.4. The molecular weight excluding hydrogens is 410 g/mol. The topological polar surface area (TPSA) is 65.3 Å². The van der Waals surface area contributed by atoms with Gasteiger partial charge in [-0.2, -0.15) is 9.83 Å². The molecule has 0 spiro atoms. The van der Waals surface area contributed by atoms with Gasteiger partial charge in [0.25, 0.3) is 0 Å². The van der Waals surface area contributed by atoms with Crippen molar-refractivity contribution in [2.75, 3.05) is 6.54 Å². The highest BCUT2D eigenvalue weighted by Crippen LogP contribution is 2.21. The van der Waals surface area contributed by atoms with Crippen molar-refractivity contribution in [3.05, 3.63) is 91.9 Å². The van der Waals surface area contributed by atoms with Crippen LogP contribution in [0.25, 0.3) is 0 Å². The summed E-state index contributed by atoms with van der Waals surface area (Å²) in [4.78, 5) is 20.3. The van der Waals surface area contributed by atoms with Gasteiger partial charge in [0.15, 0.2) is 0 Å². The molecule has 0 N–H and O–H groups in total. The molecule has 0 unspecified atom stereocenters. The molecule has 0 saturated heterocycles. The van der Waals surface area contributed by atoms with Crippen LogP contribution in [0.5, 0.6) is 0 Å². The summed E-state index contributed by atoms with van der Waals surface area (Å²) in [6.07, 6.45) is 2.67. The highest BCUT2D eigenvalue weighted by atomic mass is 35.5. The zero-order chi connectivity index (χ0) is 21.4. The zero-order valence-electron chi connectivity index (χ0n) is 17.0. The van der Waals surface area contributed by atoms with Gasteiger partial charge in [-0.05, 0) is 35.4 Å². The Hall–Kier alpha value is -3.27. The lowest BCUT2D eigenvalue weighted by Crippen LogP contribution is -2.49. The molecule has 0 bridgehead atoms. The van der Waals surface area contributed by atoms with Crippen LogP contribution in [0.3, 0.4) is 0 Å². The molecule has 3 aromatic rings. The highest BCUT2D eigenvalue weighted by Gasteiger charge is 2.33. The van der Waals surface area contributed by atoms with Crippen molar-refractivity contribution in [1.29, 1.82) is 5.26 Å². The van der Waals surface area contributed by atoms with E-state index in [2.05, 4.69) is 20.5 Å². The van der Waals surface area contributed by atoms with Gasteiger partial charge in [0.1, 0.15) is 19.3 Å². The smallest absolute Gasteiger partial charge is 0.294 e. The Morgan fingerprint density at radius 3 is 2.77 bits per heavy atom. The van der Waals surface area contributed by atoms with Crippen LogP contribution in [0.15, 0.2) is 58.3 Å². The third kappa shape index (κ3) is 3.78. The fourth-order valence-electron chi connectivity index (χ4n) is 4.40. The second-order valence-electron chi connectivity index (χ2n) is 7.94. The minimum Gasteiger partial charge on any atom is -0.294 e. The summed E-state index contributed by atoms with van der Waals surface area (Å²) in [5, 5.41) is 9.84. The van der Waals surface area contributed by atoms with E-state index >= 15 is 0 Å². The van der Waals surface area contributed by atoms with Crippen LogP contribution in [0.4, 0.5) is 5.95 Å². The molecule has 0 radical (unpaired) electrons. The van der Waals surface area contributed by atoms with E-state index in [4.69, 9.17) is 16.9 Å². The lowest BCUT2D eigenvalue weighted by molar-refractivity contribution is -0.675. The predicted octanol–water partition coefficient (Wildman–Crippen LogP) is 2.98. The molecule has 3 heterocycles. The number of nitriles is 1. The first kappa shape index (κ1) is 19.7. The second kappa shape index (κ2) is 8.10. The van der Waals surface area contributed by atoms with Gasteiger partial charge in [0.2, 0.25) is 0 Å². The largest absolute Gasteiger partial charge is 0.402 e. The number of benzene rings is 2. The van der Waals surface area contributed by atoms with Gasteiger partial charge < -0.3 is 0 Å². The monoisotopic (exact) mass is 430 g/mol. The molecule has 7 heteroatoms. The number of rotatable bonds is 4. The fraction of sp³-hybridized carbons (Fsp3) is 0.250. The first-order valence-electron chi connectivity index (χ1n) is 10.3. The summed E-state index contributed by atoms with van der Waals surface area (Å²) in [5.41, 5.74) is 4.70. The predicted molar refractivity (Wildman–Crippen MR) is 119 cm³/mol. The van der Waals surface area contributed by atoms with Crippen molar-refractivity contribution in [1.82, 2.24) is 9.47 Å². The summed E-state index contributed by atoms with van der Waals surface area (Å²) >= 11 is 6.02. The molecule has 0 amide bonds. The van der Waals surface area contributed by atoms with Crippen LogP contribution in [-0.2, 0) is 32.6 Å². The van der Waals surface area contributed by atoms with Gasteiger partial charge in [-0.15, -0.1) is 0 Å². The normalized spacial score (nSPS) is 14.8. The molecule has 1 aromatic heterocycles. The van der Waals surface area contributed by atoms with Crippen molar-refractivity contribution in [3.63, 3.8) is 0 Å². The van der Waals surface area contributed by atoms with Crippen LogP contribution in [0.1, 0.15) is 27.9 Å². The number of halogens is 1. The number of nitrogens with zero attached hydrogens (tertiary/aromatic N) is 5. The maximum absolute atomic E-state index is 13.5. The molecule has 6 nitrogen and oxygen atoms in total. The van der Waals surface area contributed by atoms with Crippen molar-refractivity contribution < 1.29 is 4.57 Å². The molecule has 5 rings (SSSR count). The number of hydrogen-bond acceptors (Lipinski definition) is 4. The summed E-state index contributed by atoms with van der Waals surface area (Å²) < 4.78 is 3.94. The van der Waals surface area contributed by atoms with Crippen molar-refractivity contribution in [3.8, 4) is 6.07 Å².